The van der Waals surface area contributed by atoms with E-state index in [4.69, 9.17) is 0 Å². The molecule has 280 valence electrons. The summed E-state index contributed by atoms with van der Waals surface area (Å²) in [6.07, 6.45) is 41.6. The third kappa shape index (κ3) is 32.8. The van der Waals surface area contributed by atoms with Crippen LogP contribution in [-0.4, -0.2) is 53.1 Å². The Bertz CT molecular complexity index is 959. The number of unbranched alkanes of at least 4 members (excludes halogenated alkanes) is 19. The van der Waals surface area contributed by atoms with Gasteiger partial charge in [0.2, 0.25) is 5.91 Å². The van der Waals surface area contributed by atoms with Crippen LogP contribution in [0.5, 0.6) is 0 Å². The molecule has 1 amide bonds. The average molecular weight is 696 g/mol. The minimum Gasteiger partial charge on any atom is -0.387 e. The molecule has 3 atom stereocenters. The van der Waals surface area contributed by atoms with Gasteiger partial charge in [-0.3, -0.25) is 9.35 Å². The Hall–Kier alpha value is -1.74. The van der Waals surface area contributed by atoms with Crippen molar-refractivity contribution in [2.24, 2.45) is 0 Å². The number of amides is 1. The molecule has 7 nitrogen and oxygen atoms in total. The third-order valence-electron chi connectivity index (χ3n) is 8.56. The van der Waals surface area contributed by atoms with Crippen LogP contribution in [0.15, 0.2) is 48.6 Å². The SMILES string of the molecule is CCCCCCCC/C=C/CC/C=C/CC/C=C/C(O)C(CS(=O)(=O)O)NC(=O)C(O)CCCCCC/C=C\CCCCCCCCC. The molecular weight excluding hydrogens is 623 g/mol. The van der Waals surface area contributed by atoms with E-state index >= 15 is 0 Å². The number of carbonyl (C=O) groups excluding carboxylic acids is 1. The summed E-state index contributed by atoms with van der Waals surface area (Å²) in [4.78, 5) is 12.6. The van der Waals surface area contributed by atoms with Crippen molar-refractivity contribution in [1.82, 2.24) is 5.32 Å². The van der Waals surface area contributed by atoms with Gasteiger partial charge in [-0.2, -0.15) is 8.42 Å². The Kier molecular flexibility index (Phi) is 32.5. The third-order valence-corrected chi connectivity index (χ3v) is 9.34. The first kappa shape index (κ1) is 46.3. The lowest BCUT2D eigenvalue weighted by Gasteiger charge is -2.22. The number of hydrogen-bond acceptors (Lipinski definition) is 5. The van der Waals surface area contributed by atoms with E-state index in [2.05, 4.69) is 55.6 Å². The molecule has 4 N–H and O–H groups in total. The normalized spacial score (nSPS) is 14.5. The lowest BCUT2D eigenvalue weighted by molar-refractivity contribution is -0.130. The van der Waals surface area contributed by atoms with Crippen LogP contribution < -0.4 is 5.32 Å². The van der Waals surface area contributed by atoms with Gasteiger partial charge < -0.3 is 15.5 Å². The summed E-state index contributed by atoms with van der Waals surface area (Å²) in [5.41, 5.74) is 0. The lowest BCUT2D eigenvalue weighted by atomic mass is 10.1. The molecule has 0 aliphatic heterocycles. The highest BCUT2D eigenvalue weighted by Crippen LogP contribution is 2.12. The predicted molar refractivity (Wildman–Crippen MR) is 204 cm³/mol. The van der Waals surface area contributed by atoms with Crippen LogP contribution in [0.1, 0.15) is 174 Å². The van der Waals surface area contributed by atoms with E-state index in [1.54, 1.807) is 6.08 Å². The fraction of sp³-hybridized carbons (Fsp3) is 0.775. The van der Waals surface area contributed by atoms with E-state index in [1.807, 2.05) is 0 Å². The van der Waals surface area contributed by atoms with E-state index in [-0.39, 0.29) is 6.42 Å². The second-order valence-corrected chi connectivity index (χ2v) is 14.8. The van der Waals surface area contributed by atoms with Gasteiger partial charge in [-0.05, 0) is 70.6 Å². The zero-order valence-electron chi connectivity index (χ0n) is 30.7. The van der Waals surface area contributed by atoms with Crippen LogP contribution in [0.4, 0.5) is 0 Å². The largest absolute Gasteiger partial charge is 0.387 e. The maximum atomic E-state index is 12.6. The minimum absolute atomic E-state index is 0.256. The van der Waals surface area contributed by atoms with Crippen LogP contribution in [0.2, 0.25) is 0 Å². The lowest BCUT2D eigenvalue weighted by Crippen LogP contribution is -2.50. The van der Waals surface area contributed by atoms with Gasteiger partial charge in [-0.15, -0.1) is 0 Å². The second-order valence-electron chi connectivity index (χ2n) is 13.3. The van der Waals surface area contributed by atoms with Gasteiger partial charge in [-0.25, -0.2) is 0 Å². The fourth-order valence-electron chi connectivity index (χ4n) is 5.54. The van der Waals surface area contributed by atoms with Gasteiger partial charge in [0, 0.05) is 0 Å². The van der Waals surface area contributed by atoms with Crippen molar-refractivity contribution in [2.45, 2.75) is 193 Å². The molecule has 0 saturated carbocycles. The maximum absolute atomic E-state index is 12.6. The van der Waals surface area contributed by atoms with Gasteiger partial charge >= 0.3 is 0 Å². The Morgan fingerprint density at radius 3 is 1.38 bits per heavy atom. The monoisotopic (exact) mass is 696 g/mol. The van der Waals surface area contributed by atoms with Crippen molar-refractivity contribution < 1.29 is 28.0 Å². The molecule has 0 rings (SSSR count). The maximum Gasteiger partial charge on any atom is 0.267 e. The topological polar surface area (TPSA) is 124 Å². The molecule has 0 bridgehead atoms. The fourth-order valence-corrected chi connectivity index (χ4v) is 6.27. The van der Waals surface area contributed by atoms with Gasteiger partial charge in [0.05, 0.1) is 17.9 Å². The molecule has 3 unspecified atom stereocenters. The quantitative estimate of drug-likeness (QED) is 0.0302. The van der Waals surface area contributed by atoms with Crippen molar-refractivity contribution in [3.05, 3.63) is 48.6 Å². The van der Waals surface area contributed by atoms with Crippen LogP contribution >= 0.6 is 0 Å². The number of hydrogen-bond donors (Lipinski definition) is 4. The number of carbonyl (C=O) groups is 1. The highest BCUT2D eigenvalue weighted by atomic mass is 32.2. The van der Waals surface area contributed by atoms with Crippen LogP contribution in [0.3, 0.4) is 0 Å². The zero-order chi connectivity index (χ0) is 35.6. The Morgan fingerprint density at radius 2 is 0.938 bits per heavy atom. The molecule has 0 aliphatic carbocycles. The predicted octanol–water partition coefficient (Wildman–Crippen LogP) is 10.1. The number of aliphatic hydroxyl groups is 2. The number of rotatable bonds is 34. The molecule has 48 heavy (non-hydrogen) atoms. The molecule has 8 heteroatoms. The number of allylic oxidation sites excluding steroid dienone is 7. The van der Waals surface area contributed by atoms with Crippen molar-refractivity contribution >= 4 is 16.0 Å². The highest BCUT2D eigenvalue weighted by molar-refractivity contribution is 7.85. The first-order chi connectivity index (χ1) is 23.2. The molecule has 0 radical (unpaired) electrons. The molecule has 0 heterocycles. The van der Waals surface area contributed by atoms with Crippen molar-refractivity contribution in [3.63, 3.8) is 0 Å². The first-order valence-corrected chi connectivity index (χ1v) is 21.1. The molecule has 0 aromatic carbocycles. The Morgan fingerprint density at radius 1 is 0.562 bits per heavy atom. The molecule has 0 aromatic heterocycles. The van der Waals surface area contributed by atoms with Crippen LogP contribution in [0.25, 0.3) is 0 Å². The van der Waals surface area contributed by atoms with E-state index in [9.17, 15) is 28.0 Å². The molecule has 0 saturated heterocycles. The molecule has 0 fully saturated rings. The zero-order valence-corrected chi connectivity index (χ0v) is 31.5. The van der Waals surface area contributed by atoms with Crippen molar-refractivity contribution in [2.75, 3.05) is 5.75 Å². The van der Waals surface area contributed by atoms with E-state index in [0.29, 0.717) is 12.8 Å². The van der Waals surface area contributed by atoms with Crippen molar-refractivity contribution in [3.8, 4) is 0 Å². The molecular formula is C40H73NO6S. The van der Waals surface area contributed by atoms with Gasteiger partial charge in [0.15, 0.2) is 0 Å². The standard InChI is InChI=1S/C40H73NO6S/c1-3-5-7-9-11-13-15-17-19-21-22-24-26-28-30-32-34-38(42)37(36-48(45,46)47)41-40(44)39(43)35-33-31-29-27-25-23-20-18-16-14-12-10-8-6-4-2/h17,19-20,23-24,26,32,34,37-39,42-43H,3-16,18,21-22,25,27-31,33,35-36H2,1-2H3,(H,41,44)(H,45,46,47)/b19-17+,23-20-,26-24+,34-32+. The Balaban J connectivity index is 4.19. The second kappa shape index (κ2) is 33.7. The van der Waals surface area contributed by atoms with E-state index < -0.39 is 40.0 Å². The van der Waals surface area contributed by atoms with E-state index in [1.165, 1.54) is 89.5 Å². The van der Waals surface area contributed by atoms with Gasteiger partial charge in [0.1, 0.15) is 6.10 Å². The van der Waals surface area contributed by atoms with Crippen LogP contribution in [-0.2, 0) is 14.9 Å². The summed E-state index contributed by atoms with van der Waals surface area (Å²) in [6.45, 7) is 4.48. The minimum atomic E-state index is -4.46. The van der Waals surface area contributed by atoms with Crippen molar-refractivity contribution in [1.29, 1.82) is 0 Å². The van der Waals surface area contributed by atoms with Gasteiger partial charge in [0.25, 0.3) is 10.1 Å². The number of aliphatic hydroxyl groups excluding tert-OH is 2. The number of nitrogens with one attached hydrogen (secondary N) is 1. The molecule has 0 aliphatic rings. The summed E-state index contributed by atoms with van der Waals surface area (Å²) >= 11 is 0. The summed E-state index contributed by atoms with van der Waals surface area (Å²) in [7, 11) is -4.46. The van der Waals surface area contributed by atoms with E-state index in [0.717, 1.165) is 57.8 Å². The first-order valence-electron chi connectivity index (χ1n) is 19.4. The molecule has 0 spiro atoms. The van der Waals surface area contributed by atoms with Crippen LogP contribution in [0, 0.1) is 0 Å². The summed E-state index contributed by atoms with van der Waals surface area (Å²) in [5, 5.41) is 23.3. The summed E-state index contributed by atoms with van der Waals surface area (Å²) in [5.74, 6) is -1.58. The Labute approximate surface area is 295 Å². The van der Waals surface area contributed by atoms with Gasteiger partial charge in [-0.1, -0.05) is 152 Å². The highest BCUT2D eigenvalue weighted by Gasteiger charge is 2.27. The average Bonchev–Trinajstić information content (AvgIpc) is 3.05. The smallest absolute Gasteiger partial charge is 0.267 e. The molecule has 0 aromatic rings. The summed E-state index contributed by atoms with van der Waals surface area (Å²) in [6, 6.07) is -1.26. The summed E-state index contributed by atoms with van der Waals surface area (Å²) < 4.78 is 32.4.